The van der Waals surface area contributed by atoms with Crippen LogP contribution in [-0.2, 0) is 7.05 Å². The van der Waals surface area contributed by atoms with Gasteiger partial charge in [-0.1, -0.05) is 18.2 Å². The van der Waals surface area contributed by atoms with Gasteiger partial charge in [-0.3, -0.25) is 5.32 Å². The third-order valence-electron chi connectivity index (χ3n) is 4.27. The van der Waals surface area contributed by atoms with Crippen LogP contribution in [0.25, 0.3) is 22.6 Å². The third kappa shape index (κ3) is 3.35. The molecule has 0 aliphatic heterocycles. The number of carbonyl (C=O) groups is 1. The quantitative estimate of drug-likeness (QED) is 0.568. The molecule has 2 aromatic heterocycles. The summed E-state index contributed by atoms with van der Waals surface area (Å²) in [5, 5.41) is 5.51. The largest absolute Gasteiger partial charge is 0.497 e. The van der Waals surface area contributed by atoms with E-state index in [0.29, 0.717) is 28.5 Å². The number of carbonyl (C=O) groups excluding carboxylic acids is 1. The predicted molar refractivity (Wildman–Crippen MR) is 107 cm³/mol. The summed E-state index contributed by atoms with van der Waals surface area (Å²) in [6.45, 7) is 0. The molecular weight excluding hydrogens is 356 g/mol. The molecule has 0 saturated heterocycles. The first-order chi connectivity index (χ1) is 13.7. The number of amides is 2. The first kappa shape index (κ1) is 17.5. The zero-order valence-corrected chi connectivity index (χ0v) is 15.4. The van der Waals surface area contributed by atoms with Crippen LogP contribution in [0, 0.1) is 0 Å². The van der Waals surface area contributed by atoms with E-state index in [-0.39, 0.29) is 0 Å². The number of rotatable bonds is 4. The van der Waals surface area contributed by atoms with E-state index in [4.69, 9.17) is 4.74 Å². The Morgan fingerprint density at radius 2 is 1.75 bits per heavy atom. The van der Waals surface area contributed by atoms with Gasteiger partial charge in [-0.15, -0.1) is 0 Å². The maximum atomic E-state index is 12.3. The van der Waals surface area contributed by atoms with E-state index in [1.54, 1.807) is 19.2 Å². The molecule has 0 radical (unpaired) electrons. The molecule has 0 aliphatic carbocycles. The minimum atomic E-state index is -0.400. The second-order valence-electron chi connectivity index (χ2n) is 6.06. The van der Waals surface area contributed by atoms with Gasteiger partial charge in [0.1, 0.15) is 17.9 Å². The van der Waals surface area contributed by atoms with Crippen LogP contribution in [0.15, 0.2) is 60.9 Å². The van der Waals surface area contributed by atoms with Gasteiger partial charge in [0, 0.05) is 18.3 Å². The standard InChI is InChI=1S/C20H18N6O2/c1-26-18(13-8-10-15(28-2)11-9-13)24-16-17(21-12-22-19(16)26)25-20(27)23-14-6-4-3-5-7-14/h3-12H,1-2H3,(H2,21,22,23,25,27). The van der Waals surface area contributed by atoms with Gasteiger partial charge >= 0.3 is 6.03 Å². The summed E-state index contributed by atoms with van der Waals surface area (Å²) in [5.74, 6) is 1.82. The molecule has 0 fully saturated rings. The molecule has 2 aromatic carbocycles. The van der Waals surface area contributed by atoms with Crippen LogP contribution in [-0.4, -0.2) is 32.7 Å². The molecule has 4 rings (SSSR count). The Morgan fingerprint density at radius 1 is 1.00 bits per heavy atom. The number of hydrogen-bond donors (Lipinski definition) is 2. The Morgan fingerprint density at radius 3 is 2.46 bits per heavy atom. The molecule has 0 saturated carbocycles. The normalized spacial score (nSPS) is 10.6. The van der Waals surface area contributed by atoms with Crippen LogP contribution in [0.5, 0.6) is 5.75 Å². The van der Waals surface area contributed by atoms with Gasteiger partial charge in [0.05, 0.1) is 7.11 Å². The molecule has 0 aliphatic rings. The van der Waals surface area contributed by atoms with Crippen LogP contribution in [0.2, 0.25) is 0 Å². The Hall–Kier alpha value is -3.94. The number of imidazole rings is 1. The number of para-hydroxylation sites is 1. The molecule has 8 heteroatoms. The summed E-state index contributed by atoms with van der Waals surface area (Å²) in [6.07, 6.45) is 1.40. The summed E-state index contributed by atoms with van der Waals surface area (Å²) >= 11 is 0. The van der Waals surface area contributed by atoms with E-state index in [0.717, 1.165) is 11.3 Å². The minimum Gasteiger partial charge on any atom is -0.497 e. The van der Waals surface area contributed by atoms with E-state index in [2.05, 4.69) is 25.6 Å². The number of methoxy groups -OCH3 is 1. The van der Waals surface area contributed by atoms with E-state index < -0.39 is 6.03 Å². The number of ether oxygens (including phenoxy) is 1. The highest BCUT2D eigenvalue weighted by molar-refractivity contribution is 6.03. The zero-order valence-electron chi connectivity index (χ0n) is 15.4. The van der Waals surface area contributed by atoms with Crippen molar-refractivity contribution in [3.05, 3.63) is 60.9 Å². The lowest BCUT2D eigenvalue weighted by molar-refractivity contribution is 0.262. The molecule has 140 valence electrons. The summed E-state index contributed by atoms with van der Waals surface area (Å²) in [5.41, 5.74) is 2.72. The van der Waals surface area contributed by atoms with Crippen molar-refractivity contribution >= 4 is 28.7 Å². The summed E-state index contributed by atoms with van der Waals surface area (Å²) in [4.78, 5) is 25.5. The first-order valence-corrected chi connectivity index (χ1v) is 8.60. The van der Waals surface area contributed by atoms with Crippen molar-refractivity contribution in [2.45, 2.75) is 0 Å². The highest BCUT2D eigenvalue weighted by Crippen LogP contribution is 2.27. The van der Waals surface area contributed by atoms with Gasteiger partial charge in [0.25, 0.3) is 0 Å². The maximum Gasteiger partial charge on any atom is 0.324 e. The molecular formula is C20H18N6O2. The average Bonchev–Trinajstić information content (AvgIpc) is 3.06. The molecule has 8 nitrogen and oxygen atoms in total. The second-order valence-corrected chi connectivity index (χ2v) is 6.06. The summed E-state index contributed by atoms with van der Waals surface area (Å²) in [7, 11) is 3.49. The van der Waals surface area contributed by atoms with Crippen molar-refractivity contribution in [3.63, 3.8) is 0 Å². The smallest absolute Gasteiger partial charge is 0.324 e. The Labute approximate surface area is 161 Å². The van der Waals surface area contributed by atoms with Crippen molar-refractivity contribution < 1.29 is 9.53 Å². The number of hydrogen-bond acceptors (Lipinski definition) is 5. The fourth-order valence-electron chi connectivity index (χ4n) is 2.88. The van der Waals surface area contributed by atoms with Crippen molar-refractivity contribution in [2.75, 3.05) is 17.7 Å². The van der Waals surface area contributed by atoms with Crippen molar-refractivity contribution in [2.24, 2.45) is 7.05 Å². The Bertz CT molecular complexity index is 1120. The van der Waals surface area contributed by atoms with E-state index in [9.17, 15) is 4.79 Å². The van der Waals surface area contributed by atoms with Crippen LogP contribution < -0.4 is 15.4 Å². The molecule has 0 spiro atoms. The van der Waals surface area contributed by atoms with Crippen molar-refractivity contribution in [1.82, 2.24) is 19.5 Å². The average molecular weight is 374 g/mol. The fraction of sp³-hybridized carbons (Fsp3) is 0.100. The maximum absolute atomic E-state index is 12.3. The molecule has 0 atom stereocenters. The number of nitrogens with one attached hydrogen (secondary N) is 2. The Kier molecular flexibility index (Phi) is 4.59. The monoisotopic (exact) mass is 374 g/mol. The lowest BCUT2D eigenvalue weighted by Crippen LogP contribution is -2.20. The number of anilines is 2. The van der Waals surface area contributed by atoms with Crippen LogP contribution in [0.4, 0.5) is 16.3 Å². The number of aromatic nitrogens is 4. The molecule has 28 heavy (non-hydrogen) atoms. The molecule has 2 amide bonds. The highest BCUT2D eigenvalue weighted by Gasteiger charge is 2.16. The second kappa shape index (κ2) is 7.36. The summed E-state index contributed by atoms with van der Waals surface area (Å²) < 4.78 is 7.06. The first-order valence-electron chi connectivity index (χ1n) is 8.60. The zero-order chi connectivity index (χ0) is 19.5. The topological polar surface area (TPSA) is 94.0 Å². The highest BCUT2D eigenvalue weighted by atomic mass is 16.5. The molecule has 2 heterocycles. The molecule has 0 bridgehead atoms. The van der Waals surface area contributed by atoms with E-state index >= 15 is 0 Å². The van der Waals surface area contributed by atoms with Crippen molar-refractivity contribution in [1.29, 1.82) is 0 Å². The molecule has 2 N–H and O–H groups in total. The fourth-order valence-corrected chi connectivity index (χ4v) is 2.88. The number of urea groups is 1. The van der Waals surface area contributed by atoms with Crippen LogP contribution in [0.3, 0.4) is 0 Å². The van der Waals surface area contributed by atoms with Gasteiger partial charge in [0.2, 0.25) is 0 Å². The van der Waals surface area contributed by atoms with Crippen molar-refractivity contribution in [3.8, 4) is 17.1 Å². The minimum absolute atomic E-state index is 0.341. The van der Waals surface area contributed by atoms with E-state index in [1.165, 1.54) is 6.33 Å². The summed E-state index contributed by atoms with van der Waals surface area (Å²) in [6, 6.07) is 16.4. The molecule has 4 aromatic rings. The lowest BCUT2D eigenvalue weighted by atomic mass is 10.2. The SMILES string of the molecule is COc1ccc(-c2nc3c(NC(=O)Nc4ccccc4)ncnc3n2C)cc1. The van der Waals surface area contributed by atoms with Crippen LogP contribution >= 0.6 is 0 Å². The van der Waals surface area contributed by atoms with Gasteiger partial charge in [-0.05, 0) is 36.4 Å². The van der Waals surface area contributed by atoms with Gasteiger partial charge in [-0.25, -0.2) is 19.7 Å². The number of aryl methyl sites for hydroxylation is 1. The van der Waals surface area contributed by atoms with Gasteiger partial charge in [0.15, 0.2) is 17.0 Å². The van der Waals surface area contributed by atoms with E-state index in [1.807, 2.05) is 54.1 Å². The van der Waals surface area contributed by atoms with Gasteiger partial charge in [-0.2, -0.15) is 0 Å². The number of nitrogens with zero attached hydrogens (tertiary/aromatic N) is 4. The number of fused-ring (bicyclic) bond motifs is 1. The Balaban J connectivity index is 1.65. The third-order valence-corrected chi connectivity index (χ3v) is 4.27. The number of benzene rings is 2. The lowest BCUT2D eigenvalue weighted by Gasteiger charge is -2.06. The van der Waals surface area contributed by atoms with Crippen LogP contribution in [0.1, 0.15) is 0 Å². The van der Waals surface area contributed by atoms with Gasteiger partial charge < -0.3 is 14.6 Å². The predicted octanol–water partition coefficient (Wildman–Crippen LogP) is 3.68. The molecule has 0 unspecified atom stereocenters.